The third-order valence-corrected chi connectivity index (χ3v) is 5.05. The van der Waals surface area contributed by atoms with E-state index in [0.29, 0.717) is 21.7 Å². The van der Waals surface area contributed by atoms with Gasteiger partial charge in [-0.05, 0) is 45.4 Å². The van der Waals surface area contributed by atoms with Crippen molar-refractivity contribution in [3.05, 3.63) is 44.4 Å². The number of H-pyrrole nitrogens is 1. The van der Waals surface area contributed by atoms with Crippen molar-refractivity contribution < 1.29 is 23.9 Å². The summed E-state index contributed by atoms with van der Waals surface area (Å²) in [5, 5.41) is 0. The molecule has 0 aromatic carbocycles. The summed E-state index contributed by atoms with van der Waals surface area (Å²) in [6, 6.07) is 3.59. The molecule has 2 aromatic heterocycles. The molecule has 0 atom stereocenters. The van der Waals surface area contributed by atoms with Crippen LogP contribution in [0.1, 0.15) is 66.4 Å². The molecule has 2 rings (SSSR count). The monoisotopic (exact) mass is 375 g/mol. The van der Waals surface area contributed by atoms with Gasteiger partial charge in [-0.1, -0.05) is 0 Å². The number of aromatic amines is 1. The SMILES string of the molecule is CC(=O)c1c(C)[nH]c(C(=O)COC(=O)CCC(=O)c2ccc(C)s2)c1C. The van der Waals surface area contributed by atoms with Crippen LogP contribution in [-0.2, 0) is 9.53 Å². The Labute approximate surface area is 155 Å². The van der Waals surface area contributed by atoms with E-state index in [9.17, 15) is 19.2 Å². The number of hydrogen-bond donors (Lipinski definition) is 1. The second-order valence-electron chi connectivity index (χ2n) is 6.10. The molecule has 1 N–H and O–H groups in total. The molecule has 0 radical (unpaired) electrons. The molecule has 0 unspecified atom stereocenters. The van der Waals surface area contributed by atoms with E-state index in [1.165, 1.54) is 18.3 Å². The lowest BCUT2D eigenvalue weighted by Gasteiger charge is -2.04. The molecule has 0 aliphatic heterocycles. The predicted octanol–water partition coefficient (Wildman–Crippen LogP) is 3.59. The number of aromatic nitrogens is 1. The molecule has 0 aliphatic rings. The number of rotatable bonds is 8. The van der Waals surface area contributed by atoms with Crippen LogP contribution < -0.4 is 0 Å². The molecule has 138 valence electrons. The maximum Gasteiger partial charge on any atom is 0.306 e. The van der Waals surface area contributed by atoms with Crippen LogP contribution in [0.5, 0.6) is 0 Å². The second-order valence-corrected chi connectivity index (χ2v) is 7.39. The Morgan fingerprint density at radius 3 is 2.27 bits per heavy atom. The van der Waals surface area contributed by atoms with E-state index in [1.54, 1.807) is 19.9 Å². The molecule has 0 fully saturated rings. The van der Waals surface area contributed by atoms with Gasteiger partial charge >= 0.3 is 5.97 Å². The minimum Gasteiger partial charge on any atom is -0.457 e. The number of hydrogen-bond acceptors (Lipinski definition) is 6. The highest BCUT2D eigenvalue weighted by Gasteiger charge is 2.21. The number of nitrogens with one attached hydrogen (secondary N) is 1. The van der Waals surface area contributed by atoms with Crippen LogP contribution in [-0.4, -0.2) is 34.9 Å². The Kier molecular flexibility index (Phi) is 6.26. The van der Waals surface area contributed by atoms with E-state index in [0.717, 1.165) is 4.88 Å². The van der Waals surface area contributed by atoms with Crippen molar-refractivity contribution >= 4 is 34.7 Å². The Balaban J connectivity index is 1.87. The quantitative estimate of drug-likeness (QED) is 0.562. The number of esters is 1. The minimum absolute atomic E-state index is 0.0437. The Morgan fingerprint density at radius 1 is 1.04 bits per heavy atom. The van der Waals surface area contributed by atoms with Gasteiger partial charge in [0.05, 0.1) is 17.0 Å². The van der Waals surface area contributed by atoms with Gasteiger partial charge in [0.2, 0.25) is 5.78 Å². The first-order valence-electron chi connectivity index (χ1n) is 8.19. The highest BCUT2D eigenvalue weighted by atomic mass is 32.1. The van der Waals surface area contributed by atoms with Crippen molar-refractivity contribution in [3.8, 4) is 0 Å². The van der Waals surface area contributed by atoms with Crippen LogP contribution in [0.15, 0.2) is 12.1 Å². The number of carbonyl (C=O) groups excluding carboxylic acids is 4. The normalized spacial score (nSPS) is 10.6. The zero-order valence-corrected chi connectivity index (χ0v) is 16.0. The predicted molar refractivity (Wildman–Crippen MR) is 98.2 cm³/mol. The van der Waals surface area contributed by atoms with Crippen LogP contribution in [0, 0.1) is 20.8 Å². The lowest BCUT2D eigenvalue weighted by Crippen LogP contribution is -2.16. The van der Waals surface area contributed by atoms with Crippen molar-refractivity contribution in [2.75, 3.05) is 6.61 Å². The summed E-state index contributed by atoms with van der Waals surface area (Å²) in [5.41, 5.74) is 1.92. The molecule has 0 saturated carbocycles. The Bertz CT molecular complexity index is 875. The first kappa shape index (κ1) is 19.8. The van der Waals surface area contributed by atoms with E-state index in [4.69, 9.17) is 4.74 Å². The molecule has 26 heavy (non-hydrogen) atoms. The number of thiophene rings is 1. The zero-order chi connectivity index (χ0) is 19.4. The average Bonchev–Trinajstić information content (AvgIpc) is 3.13. The topological polar surface area (TPSA) is 93.3 Å². The number of ketones is 3. The van der Waals surface area contributed by atoms with Crippen molar-refractivity contribution in [1.29, 1.82) is 0 Å². The van der Waals surface area contributed by atoms with E-state index >= 15 is 0 Å². The number of aryl methyl sites for hydroxylation is 2. The van der Waals surface area contributed by atoms with Gasteiger partial charge in [-0.25, -0.2) is 0 Å². The largest absolute Gasteiger partial charge is 0.457 e. The fraction of sp³-hybridized carbons (Fsp3) is 0.368. The summed E-state index contributed by atoms with van der Waals surface area (Å²) >= 11 is 1.38. The van der Waals surface area contributed by atoms with Gasteiger partial charge in [0.15, 0.2) is 18.2 Å². The molecule has 0 amide bonds. The summed E-state index contributed by atoms with van der Waals surface area (Å²) in [6.45, 7) is 6.30. The number of carbonyl (C=O) groups is 4. The first-order chi connectivity index (χ1) is 12.2. The van der Waals surface area contributed by atoms with Crippen molar-refractivity contribution in [2.24, 2.45) is 0 Å². The number of ether oxygens (including phenoxy) is 1. The summed E-state index contributed by atoms with van der Waals surface area (Å²) in [5.74, 6) is -1.26. The molecule has 0 aliphatic carbocycles. The highest BCUT2D eigenvalue weighted by molar-refractivity contribution is 7.14. The van der Waals surface area contributed by atoms with Crippen LogP contribution in [0.2, 0.25) is 0 Å². The maximum atomic E-state index is 12.2. The van der Waals surface area contributed by atoms with Crippen LogP contribution in [0.3, 0.4) is 0 Å². The molecule has 0 bridgehead atoms. The molecule has 0 saturated heterocycles. The third-order valence-electron chi connectivity index (χ3n) is 4.00. The zero-order valence-electron chi connectivity index (χ0n) is 15.2. The standard InChI is InChI=1S/C19H21NO5S/c1-10-5-7-16(26-10)14(22)6-8-17(24)25-9-15(23)19-11(2)18(13(4)21)12(3)20-19/h5,7,20H,6,8-9H2,1-4H3. The first-order valence-corrected chi connectivity index (χ1v) is 9.01. The molecule has 2 aromatic rings. The van der Waals surface area contributed by atoms with Crippen LogP contribution in [0.4, 0.5) is 0 Å². The van der Waals surface area contributed by atoms with E-state index in [1.807, 2.05) is 13.0 Å². The summed E-state index contributed by atoms with van der Waals surface area (Å²) < 4.78 is 4.97. The second kappa shape index (κ2) is 8.23. The third kappa shape index (κ3) is 4.54. The molecular weight excluding hydrogens is 354 g/mol. The van der Waals surface area contributed by atoms with E-state index in [2.05, 4.69) is 4.98 Å². The molecule has 6 nitrogen and oxygen atoms in total. The van der Waals surface area contributed by atoms with Gasteiger partial charge in [-0.15, -0.1) is 11.3 Å². The molecule has 7 heteroatoms. The Morgan fingerprint density at radius 2 is 1.73 bits per heavy atom. The van der Waals surface area contributed by atoms with Gasteiger partial charge in [0, 0.05) is 22.6 Å². The minimum atomic E-state index is -0.604. The van der Waals surface area contributed by atoms with Gasteiger partial charge in [0.1, 0.15) is 0 Å². The van der Waals surface area contributed by atoms with Gasteiger partial charge in [0.25, 0.3) is 0 Å². The summed E-state index contributed by atoms with van der Waals surface area (Å²) in [7, 11) is 0. The highest BCUT2D eigenvalue weighted by Crippen LogP contribution is 2.19. The van der Waals surface area contributed by atoms with Crippen molar-refractivity contribution in [1.82, 2.24) is 4.98 Å². The lowest BCUT2D eigenvalue weighted by atomic mass is 10.1. The van der Waals surface area contributed by atoms with E-state index in [-0.39, 0.29) is 30.1 Å². The van der Waals surface area contributed by atoms with Crippen molar-refractivity contribution in [3.63, 3.8) is 0 Å². The smallest absolute Gasteiger partial charge is 0.306 e. The average molecular weight is 375 g/mol. The molecule has 2 heterocycles. The van der Waals surface area contributed by atoms with Gasteiger partial charge in [-0.2, -0.15) is 0 Å². The Hall–Kier alpha value is -2.54. The molecule has 0 spiro atoms. The van der Waals surface area contributed by atoms with Gasteiger partial charge < -0.3 is 9.72 Å². The van der Waals surface area contributed by atoms with E-state index < -0.39 is 18.4 Å². The molecular formula is C19H21NO5S. The fourth-order valence-corrected chi connectivity index (χ4v) is 3.61. The van der Waals surface area contributed by atoms with Gasteiger partial charge in [-0.3, -0.25) is 19.2 Å². The maximum absolute atomic E-state index is 12.2. The fourth-order valence-electron chi connectivity index (χ4n) is 2.77. The van der Waals surface area contributed by atoms with Crippen LogP contribution >= 0.6 is 11.3 Å². The lowest BCUT2D eigenvalue weighted by molar-refractivity contribution is -0.142. The summed E-state index contributed by atoms with van der Waals surface area (Å²) in [4.78, 5) is 52.1. The van der Waals surface area contributed by atoms with Crippen molar-refractivity contribution in [2.45, 2.75) is 40.5 Å². The van der Waals surface area contributed by atoms with Crippen LogP contribution in [0.25, 0.3) is 0 Å². The summed E-state index contributed by atoms with van der Waals surface area (Å²) in [6.07, 6.45) is -0.0351. The number of Topliss-reactive ketones (excluding diaryl/α,β-unsaturated/α-hetero) is 3.